The lowest BCUT2D eigenvalue weighted by atomic mass is 10.2. The summed E-state index contributed by atoms with van der Waals surface area (Å²) in [5, 5.41) is 19.5. The van der Waals surface area contributed by atoms with Gasteiger partial charge in [0.1, 0.15) is 22.7 Å². The van der Waals surface area contributed by atoms with E-state index in [1.54, 1.807) is 6.07 Å². The van der Waals surface area contributed by atoms with Crippen molar-refractivity contribution in [2.24, 2.45) is 0 Å². The van der Waals surface area contributed by atoms with Gasteiger partial charge in [0.2, 0.25) is 5.75 Å². The topological polar surface area (TPSA) is 76.2 Å². The molecule has 0 N–H and O–H groups in total. The van der Waals surface area contributed by atoms with Crippen LogP contribution in [0.1, 0.15) is 5.56 Å². The summed E-state index contributed by atoms with van der Waals surface area (Å²) < 4.78 is 18.7. The highest BCUT2D eigenvalue weighted by atomic mass is 35.5. The molecule has 0 unspecified atom stereocenters. The summed E-state index contributed by atoms with van der Waals surface area (Å²) in [5.74, 6) is -0.840. The van der Waals surface area contributed by atoms with Crippen LogP contribution in [0.4, 0.5) is 10.1 Å². The molecule has 0 aromatic heterocycles. The van der Waals surface area contributed by atoms with Gasteiger partial charge >= 0.3 is 5.69 Å². The molecule has 7 heteroatoms. The first kappa shape index (κ1) is 13.8. The highest BCUT2D eigenvalue weighted by Gasteiger charge is 2.20. The molecule has 0 heterocycles. The average Bonchev–Trinajstić information content (AvgIpc) is 2.38. The lowest BCUT2D eigenvalue weighted by Gasteiger charge is -2.07. The predicted molar refractivity (Wildman–Crippen MR) is 69.3 cm³/mol. The fourth-order valence-electron chi connectivity index (χ4n) is 1.53. The van der Waals surface area contributed by atoms with E-state index in [0.717, 1.165) is 6.07 Å². The molecule has 100 valence electrons. The Balaban J connectivity index is 2.41. The van der Waals surface area contributed by atoms with E-state index in [-0.39, 0.29) is 22.1 Å². The van der Waals surface area contributed by atoms with Crippen molar-refractivity contribution in [3.63, 3.8) is 0 Å². The standard InChI is InChI=1S/C13H6ClFN2O3/c14-10-2-1-3-12(13(10)17(18)19)20-9-5-4-8(7-16)11(15)6-9/h1-6H. The zero-order chi connectivity index (χ0) is 14.7. The van der Waals surface area contributed by atoms with Crippen molar-refractivity contribution in [2.45, 2.75) is 0 Å². The average molecular weight is 293 g/mol. The Morgan fingerprint density at radius 2 is 2.10 bits per heavy atom. The Hall–Kier alpha value is -2.65. The first-order valence-electron chi connectivity index (χ1n) is 5.33. The summed E-state index contributed by atoms with van der Waals surface area (Å²) in [6, 6.07) is 9.38. The molecule has 0 saturated carbocycles. The lowest BCUT2D eigenvalue weighted by molar-refractivity contribution is -0.385. The number of nitro groups is 1. The SMILES string of the molecule is N#Cc1ccc(Oc2cccc(Cl)c2[N+](=O)[O-])cc1F. The summed E-state index contributed by atoms with van der Waals surface area (Å²) in [7, 11) is 0. The van der Waals surface area contributed by atoms with Gasteiger partial charge in [-0.05, 0) is 24.3 Å². The summed E-state index contributed by atoms with van der Waals surface area (Å²) in [6.45, 7) is 0. The molecule has 0 aliphatic heterocycles. The molecular weight excluding hydrogens is 287 g/mol. The van der Waals surface area contributed by atoms with E-state index in [2.05, 4.69) is 0 Å². The fraction of sp³-hybridized carbons (Fsp3) is 0. The molecule has 0 amide bonds. The van der Waals surface area contributed by atoms with Gasteiger partial charge in [0.25, 0.3) is 0 Å². The lowest BCUT2D eigenvalue weighted by Crippen LogP contribution is -1.95. The van der Waals surface area contributed by atoms with Crippen molar-refractivity contribution in [3.05, 3.63) is 62.9 Å². The van der Waals surface area contributed by atoms with Crippen LogP contribution in [-0.2, 0) is 0 Å². The Morgan fingerprint density at radius 3 is 2.70 bits per heavy atom. The third kappa shape index (κ3) is 2.68. The monoisotopic (exact) mass is 292 g/mol. The number of nitrogens with zero attached hydrogens (tertiary/aromatic N) is 2. The molecule has 0 bridgehead atoms. The maximum Gasteiger partial charge on any atom is 0.329 e. The van der Waals surface area contributed by atoms with Crippen LogP contribution in [0.25, 0.3) is 0 Å². The van der Waals surface area contributed by atoms with Crippen LogP contribution in [0.2, 0.25) is 5.02 Å². The van der Waals surface area contributed by atoms with Gasteiger partial charge < -0.3 is 4.74 Å². The number of para-hydroxylation sites is 1. The zero-order valence-electron chi connectivity index (χ0n) is 9.84. The number of benzene rings is 2. The Morgan fingerprint density at radius 1 is 1.35 bits per heavy atom. The summed E-state index contributed by atoms with van der Waals surface area (Å²) in [5.41, 5.74) is -0.545. The number of halogens is 2. The van der Waals surface area contributed by atoms with Crippen LogP contribution in [0, 0.1) is 27.3 Å². The van der Waals surface area contributed by atoms with Gasteiger partial charge in [0.15, 0.2) is 0 Å². The van der Waals surface area contributed by atoms with Crippen LogP contribution >= 0.6 is 11.6 Å². The zero-order valence-corrected chi connectivity index (χ0v) is 10.6. The highest BCUT2D eigenvalue weighted by molar-refractivity contribution is 6.32. The van der Waals surface area contributed by atoms with Crippen molar-refractivity contribution in [3.8, 4) is 17.6 Å². The molecule has 0 atom stereocenters. The van der Waals surface area contributed by atoms with Gasteiger partial charge in [0.05, 0.1) is 10.5 Å². The molecular formula is C13H6ClFN2O3. The van der Waals surface area contributed by atoms with E-state index < -0.39 is 16.4 Å². The van der Waals surface area contributed by atoms with Crippen LogP contribution in [0.3, 0.4) is 0 Å². The molecule has 0 radical (unpaired) electrons. The Kier molecular flexibility index (Phi) is 3.82. The number of hydrogen-bond acceptors (Lipinski definition) is 4. The maximum atomic E-state index is 13.4. The van der Waals surface area contributed by atoms with Gasteiger partial charge in [0, 0.05) is 6.07 Å². The molecule has 5 nitrogen and oxygen atoms in total. The van der Waals surface area contributed by atoms with E-state index in [4.69, 9.17) is 21.6 Å². The molecule has 0 aliphatic carbocycles. The van der Waals surface area contributed by atoms with Crippen molar-refractivity contribution in [2.75, 3.05) is 0 Å². The molecule has 2 aromatic carbocycles. The first-order chi connectivity index (χ1) is 9.52. The molecule has 0 aliphatic rings. The van der Waals surface area contributed by atoms with Gasteiger partial charge in [-0.3, -0.25) is 10.1 Å². The van der Waals surface area contributed by atoms with Gasteiger partial charge in [-0.1, -0.05) is 17.7 Å². The molecule has 0 spiro atoms. The van der Waals surface area contributed by atoms with E-state index >= 15 is 0 Å². The van der Waals surface area contributed by atoms with Gasteiger partial charge in [-0.15, -0.1) is 0 Å². The molecule has 0 fully saturated rings. The minimum absolute atomic E-state index is 0.0341. The maximum absolute atomic E-state index is 13.4. The number of rotatable bonds is 3. The minimum atomic E-state index is -0.769. The Bertz CT molecular complexity index is 728. The predicted octanol–water partition coefficient (Wildman–Crippen LogP) is 4.05. The van der Waals surface area contributed by atoms with E-state index in [1.807, 2.05) is 0 Å². The van der Waals surface area contributed by atoms with Crippen LogP contribution < -0.4 is 4.74 Å². The minimum Gasteiger partial charge on any atom is -0.450 e. The van der Waals surface area contributed by atoms with Crippen molar-refractivity contribution in [1.29, 1.82) is 5.26 Å². The van der Waals surface area contributed by atoms with Gasteiger partial charge in [-0.2, -0.15) is 5.26 Å². The van der Waals surface area contributed by atoms with Crippen molar-refractivity contribution < 1.29 is 14.1 Å². The summed E-state index contributed by atoms with van der Waals surface area (Å²) >= 11 is 5.73. The molecule has 2 rings (SSSR count). The van der Waals surface area contributed by atoms with E-state index in [1.165, 1.54) is 30.3 Å². The summed E-state index contributed by atoms with van der Waals surface area (Å²) in [6.07, 6.45) is 0. The number of ether oxygens (including phenoxy) is 1. The Labute approximate surface area is 117 Å². The first-order valence-corrected chi connectivity index (χ1v) is 5.71. The second kappa shape index (κ2) is 5.55. The third-order valence-electron chi connectivity index (χ3n) is 2.42. The second-order valence-corrected chi connectivity index (χ2v) is 4.11. The van der Waals surface area contributed by atoms with Gasteiger partial charge in [-0.25, -0.2) is 4.39 Å². The number of nitriles is 1. The molecule has 0 saturated heterocycles. The van der Waals surface area contributed by atoms with E-state index in [0.29, 0.717) is 0 Å². The number of nitro benzene ring substituents is 1. The van der Waals surface area contributed by atoms with Crippen LogP contribution in [0.15, 0.2) is 36.4 Å². The summed E-state index contributed by atoms with van der Waals surface area (Å²) in [4.78, 5) is 10.2. The molecule has 20 heavy (non-hydrogen) atoms. The fourth-order valence-corrected chi connectivity index (χ4v) is 1.77. The van der Waals surface area contributed by atoms with E-state index in [9.17, 15) is 14.5 Å². The normalized spacial score (nSPS) is 9.85. The number of hydrogen-bond donors (Lipinski definition) is 0. The quantitative estimate of drug-likeness (QED) is 0.631. The van der Waals surface area contributed by atoms with Crippen LogP contribution in [0.5, 0.6) is 11.5 Å². The molecule has 2 aromatic rings. The third-order valence-corrected chi connectivity index (χ3v) is 2.73. The highest BCUT2D eigenvalue weighted by Crippen LogP contribution is 2.37. The second-order valence-electron chi connectivity index (χ2n) is 3.70. The largest absolute Gasteiger partial charge is 0.450 e. The van der Waals surface area contributed by atoms with Crippen LogP contribution in [-0.4, -0.2) is 4.92 Å². The van der Waals surface area contributed by atoms with Crippen molar-refractivity contribution in [1.82, 2.24) is 0 Å². The smallest absolute Gasteiger partial charge is 0.329 e. The van der Waals surface area contributed by atoms with Crippen molar-refractivity contribution >= 4 is 17.3 Å².